The van der Waals surface area contributed by atoms with Crippen molar-refractivity contribution in [2.75, 3.05) is 31.9 Å². The second-order valence-electron chi connectivity index (χ2n) is 5.85. The van der Waals surface area contributed by atoms with Crippen molar-refractivity contribution in [1.29, 1.82) is 0 Å². The summed E-state index contributed by atoms with van der Waals surface area (Å²) in [7, 11) is -1.92. The first kappa shape index (κ1) is 16.3. The van der Waals surface area contributed by atoms with E-state index in [2.05, 4.69) is 21.6 Å². The van der Waals surface area contributed by atoms with Gasteiger partial charge in [-0.3, -0.25) is 4.68 Å². The van der Waals surface area contributed by atoms with Gasteiger partial charge in [-0.05, 0) is 38.8 Å². The van der Waals surface area contributed by atoms with E-state index in [1.165, 1.54) is 17.5 Å². The fourth-order valence-electron chi connectivity index (χ4n) is 2.64. The van der Waals surface area contributed by atoms with E-state index in [1.54, 1.807) is 14.0 Å². The number of likely N-dealkylation sites (tertiary alicyclic amines) is 1. The molecule has 0 unspecified atom stereocenters. The fourth-order valence-corrected chi connectivity index (χ4v) is 3.98. The molecule has 21 heavy (non-hydrogen) atoms. The molecule has 0 bridgehead atoms. The zero-order valence-corrected chi connectivity index (χ0v) is 13.8. The number of anilines is 1. The summed E-state index contributed by atoms with van der Waals surface area (Å²) in [5.74, 6) is 0.824. The van der Waals surface area contributed by atoms with Crippen molar-refractivity contribution in [3.8, 4) is 0 Å². The lowest BCUT2D eigenvalue weighted by molar-refractivity contribution is 0.195. The van der Waals surface area contributed by atoms with Crippen LogP contribution in [0.4, 0.5) is 5.82 Å². The number of sulfonamides is 1. The smallest absolute Gasteiger partial charge is 0.246 e. The van der Waals surface area contributed by atoms with E-state index in [1.807, 2.05) is 0 Å². The largest absolute Gasteiger partial charge is 0.381 e. The number of piperidine rings is 1. The lowest BCUT2D eigenvalue weighted by atomic mass is 9.99. The molecule has 1 saturated heterocycles. The topological polar surface area (TPSA) is 93.2 Å². The molecule has 0 atom stereocenters. The Hall–Kier alpha value is -1.12. The van der Waals surface area contributed by atoms with E-state index in [-0.39, 0.29) is 10.7 Å². The summed E-state index contributed by atoms with van der Waals surface area (Å²) in [5.41, 5.74) is 6.24. The van der Waals surface area contributed by atoms with Crippen LogP contribution in [0, 0.1) is 12.8 Å². The molecule has 120 valence electrons. The molecule has 1 aromatic heterocycles. The van der Waals surface area contributed by atoms with Crippen LogP contribution in [0.15, 0.2) is 4.90 Å². The van der Waals surface area contributed by atoms with Gasteiger partial charge in [0.1, 0.15) is 4.90 Å². The van der Waals surface area contributed by atoms with Gasteiger partial charge in [0.15, 0.2) is 5.82 Å². The van der Waals surface area contributed by atoms with Crippen LogP contribution in [0.3, 0.4) is 0 Å². The lowest BCUT2D eigenvalue weighted by Crippen LogP contribution is -2.39. The molecule has 0 saturated carbocycles. The van der Waals surface area contributed by atoms with Gasteiger partial charge < -0.3 is 10.6 Å². The van der Waals surface area contributed by atoms with Crippen LogP contribution in [-0.4, -0.2) is 49.3 Å². The van der Waals surface area contributed by atoms with Crippen molar-refractivity contribution in [2.45, 2.75) is 31.6 Å². The van der Waals surface area contributed by atoms with Gasteiger partial charge >= 0.3 is 0 Å². The summed E-state index contributed by atoms with van der Waals surface area (Å²) in [6.07, 6.45) is 2.36. The molecular weight excluding hydrogens is 290 g/mol. The van der Waals surface area contributed by atoms with E-state index in [4.69, 9.17) is 5.73 Å². The van der Waals surface area contributed by atoms with Crippen LogP contribution in [-0.2, 0) is 17.1 Å². The average Bonchev–Trinajstić information content (AvgIpc) is 2.66. The molecule has 0 aromatic carbocycles. The van der Waals surface area contributed by atoms with Crippen molar-refractivity contribution >= 4 is 15.8 Å². The van der Waals surface area contributed by atoms with Crippen LogP contribution in [0.5, 0.6) is 0 Å². The molecule has 0 amide bonds. The average molecular weight is 315 g/mol. The quantitative estimate of drug-likeness (QED) is 0.816. The minimum atomic E-state index is -3.60. The summed E-state index contributed by atoms with van der Waals surface area (Å²) >= 11 is 0. The summed E-state index contributed by atoms with van der Waals surface area (Å²) in [6.45, 7) is 7.15. The van der Waals surface area contributed by atoms with Crippen LogP contribution >= 0.6 is 0 Å². The van der Waals surface area contributed by atoms with Gasteiger partial charge in [-0.1, -0.05) is 6.92 Å². The maximum atomic E-state index is 12.3. The number of nitrogen functional groups attached to an aromatic ring is 1. The third-order valence-corrected chi connectivity index (χ3v) is 5.80. The summed E-state index contributed by atoms with van der Waals surface area (Å²) in [4.78, 5) is 2.39. The molecule has 7 nitrogen and oxygen atoms in total. The number of hydrogen-bond acceptors (Lipinski definition) is 5. The Balaban J connectivity index is 1.93. The zero-order valence-electron chi connectivity index (χ0n) is 13.0. The van der Waals surface area contributed by atoms with Crippen molar-refractivity contribution in [3.05, 3.63) is 5.69 Å². The second kappa shape index (κ2) is 6.33. The number of nitrogens with two attached hydrogens (primary N) is 1. The maximum absolute atomic E-state index is 12.3. The van der Waals surface area contributed by atoms with E-state index in [0.717, 1.165) is 25.6 Å². The van der Waals surface area contributed by atoms with Gasteiger partial charge in [0.2, 0.25) is 10.0 Å². The predicted molar refractivity (Wildman–Crippen MR) is 82.4 cm³/mol. The lowest BCUT2D eigenvalue weighted by Gasteiger charge is -2.30. The summed E-state index contributed by atoms with van der Waals surface area (Å²) in [6, 6.07) is 0. The first-order valence-electron chi connectivity index (χ1n) is 7.32. The molecule has 2 rings (SSSR count). The molecule has 1 aliphatic heterocycles. The van der Waals surface area contributed by atoms with Gasteiger partial charge in [-0.2, -0.15) is 5.10 Å². The van der Waals surface area contributed by atoms with Crippen molar-refractivity contribution in [1.82, 2.24) is 19.4 Å². The summed E-state index contributed by atoms with van der Waals surface area (Å²) < 4.78 is 28.7. The fraction of sp³-hybridized carbons (Fsp3) is 0.769. The van der Waals surface area contributed by atoms with Gasteiger partial charge in [-0.25, -0.2) is 13.1 Å². The first-order valence-corrected chi connectivity index (χ1v) is 8.80. The zero-order chi connectivity index (χ0) is 15.6. The molecule has 0 radical (unpaired) electrons. The number of hydrogen-bond donors (Lipinski definition) is 2. The first-order chi connectivity index (χ1) is 9.81. The van der Waals surface area contributed by atoms with Gasteiger partial charge in [0.25, 0.3) is 0 Å². The SMILES string of the molecule is Cc1c(S(=O)(=O)NCCN2CCC(C)CC2)c(N)nn1C. The van der Waals surface area contributed by atoms with Crippen LogP contribution < -0.4 is 10.5 Å². The van der Waals surface area contributed by atoms with Crippen molar-refractivity contribution < 1.29 is 8.42 Å². The molecule has 0 spiro atoms. The van der Waals surface area contributed by atoms with Crippen molar-refractivity contribution in [3.63, 3.8) is 0 Å². The van der Waals surface area contributed by atoms with Crippen LogP contribution in [0.2, 0.25) is 0 Å². The Morgan fingerprint density at radius 1 is 1.38 bits per heavy atom. The molecular formula is C13H25N5O2S. The Labute approximate surface area is 126 Å². The van der Waals surface area contributed by atoms with E-state index in [0.29, 0.717) is 12.2 Å². The Bertz CT molecular complexity index is 588. The highest BCUT2D eigenvalue weighted by Crippen LogP contribution is 2.20. The minimum Gasteiger partial charge on any atom is -0.381 e. The molecule has 3 N–H and O–H groups in total. The third-order valence-electron chi connectivity index (χ3n) is 4.17. The Morgan fingerprint density at radius 2 is 2.00 bits per heavy atom. The highest BCUT2D eigenvalue weighted by Gasteiger charge is 2.24. The van der Waals surface area contributed by atoms with E-state index >= 15 is 0 Å². The predicted octanol–water partition coefficient (Wildman–Crippen LogP) is 0.321. The molecule has 1 aromatic rings. The molecule has 0 aliphatic carbocycles. The molecule has 2 heterocycles. The van der Waals surface area contributed by atoms with Crippen LogP contribution in [0.1, 0.15) is 25.5 Å². The number of aromatic nitrogens is 2. The maximum Gasteiger partial charge on any atom is 0.246 e. The number of nitrogens with one attached hydrogen (secondary N) is 1. The third kappa shape index (κ3) is 3.75. The van der Waals surface area contributed by atoms with E-state index in [9.17, 15) is 8.42 Å². The van der Waals surface area contributed by atoms with Crippen LogP contribution in [0.25, 0.3) is 0 Å². The highest BCUT2D eigenvalue weighted by atomic mass is 32.2. The van der Waals surface area contributed by atoms with Crippen molar-refractivity contribution in [2.24, 2.45) is 13.0 Å². The number of nitrogens with zero attached hydrogens (tertiary/aromatic N) is 3. The Kier molecular flexibility index (Phi) is 4.90. The standard InChI is InChI=1S/C13H25N5O2S/c1-10-4-7-18(8-5-10)9-6-15-21(19,20)12-11(2)17(3)16-13(12)14/h10,15H,4-9H2,1-3H3,(H2,14,16). The minimum absolute atomic E-state index is 0.0503. The molecule has 8 heteroatoms. The van der Waals surface area contributed by atoms with E-state index < -0.39 is 10.0 Å². The molecule has 1 aliphatic rings. The highest BCUT2D eigenvalue weighted by molar-refractivity contribution is 7.89. The monoisotopic (exact) mass is 315 g/mol. The normalized spacial score (nSPS) is 18.2. The van der Waals surface area contributed by atoms with Gasteiger partial charge in [0.05, 0.1) is 5.69 Å². The van der Waals surface area contributed by atoms with Gasteiger partial charge in [0, 0.05) is 20.1 Å². The number of aryl methyl sites for hydroxylation is 1. The Morgan fingerprint density at radius 3 is 2.52 bits per heavy atom. The molecule has 1 fully saturated rings. The van der Waals surface area contributed by atoms with Gasteiger partial charge in [-0.15, -0.1) is 0 Å². The second-order valence-corrected chi connectivity index (χ2v) is 7.55. The number of rotatable bonds is 5. The summed E-state index contributed by atoms with van der Waals surface area (Å²) in [5, 5.41) is 3.95.